The first kappa shape index (κ1) is 13.0. The van der Waals surface area contributed by atoms with Crippen molar-refractivity contribution in [3.05, 3.63) is 46.0 Å². The smallest absolute Gasteiger partial charge is 0.180 e. The van der Waals surface area contributed by atoms with Crippen molar-refractivity contribution in [2.75, 3.05) is 5.73 Å². The van der Waals surface area contributed by atoms with Crippen LogP contribution in [0.25, 0.3) is 0 Å². The Morgan fingerprint density at radius 3 is 2.44 bits per heavy atom. The molecule has 0 radical (unpaired) electrons. The number of rotatable bonds is 3. The van der Waals surface area contributed by atoms with E-state index in [2.05, 4.69) is 4.98 Å². The summed E-state index contributed by atoms with van der Waals surface area (Å²) < 4.78 is 27.2. The van der Waals surface area contributed by atoms with Crippen LogP contribution in [0.3, 0.4) is 0 Å². The Balaban J connectivity index is 2.40. The number of hydrogen-bond acceptors (Lipinski definition) is 3. The Morgan fingerprint density at radius 1 is 1.28 bits per heavy atom. The zero-order valence-electron chi connectivity index (χ0n) is 10.2. The van der Waals surface area contributed by atoms with Gasteiger partial charge in [-0.05, 0) is 18.1 Å². The van der Waals surface area contributed by atoms with Crippen molar-refractivity contribution in [3.8, 4) is 0 Å². The summed E-state index contributed by atoms with van der Waals surface area (Å²) in [5.74, 6) is -0.878. The Kier molecular flexibility index (Phi) is 3.61. The van der Waals surface area contributed by atoms with Crippen LogP contribution in [-0.4, -0.2) is 4.98 Å². The lowest BCUT2D eigenvalue weighted by atomic mass is 10.0. The third-order valence-corrected chi connectivity index (χ3v) is 3.59. The lowest BCUT2D eigenvalue weighted by Gasteiger charge is -2.07. The molecule has 0 saturated heterocycles. The topological polar surface area (TPSA) is 38.9 Å². The molecule has 2 rings (SSSR count). The second kappa shape index (κ2) is 5.02. The van der Waals surface area contributed by atoms with Crippen LogP contribution in [-0.2, 0) is 6.42 Å². The predicted molar refractivity (Wildman–Crippen MR) is 69.8 cm³/mol. The molecule has 0 unspecified atom stereocenters. The molecule has 0 amide bonds. The highest BCUT2D eigenvalue weighted by molar-refractivity contribution is 7.15. The van der Waals surface area contributed by atoms with Gasteiger partial charge < -0.3 is 5.73 Å². The van der Waals surface area contributed by atoms with Gasteiger partial charge in [-0.3, -0.25) is 0 Å². The number of hydrogen-bond donors (Lipinski definition) is 1. The third kappa shape index (κ3) is 2.51. The molecule has 0 aliphatic rings. The first-order valence-corrected chi connectivity index (χ1v) is 6.48. The molecule has 5 heteroatoms. The van der Waals surface area contributed by atoms with Crippen molar-refractivity contribution in [1.29, 1.82) is 0 Å². The van der Waals surface area contributed by atoms with E-state index in [-0.39, 0.29) is 17.9 Å². The van der Waals surface area contributed by atoms with Crippen LogP contribution in [0.15, 0.2) is 18.2 Å². The maximum atomic E-state index is 13.6. The fourth-order valence-electron chi connectivity index (χ4n) is 1.82. The standard InChI is InChI=1S/C13H14F2N2S/c1-7(2)12-11(18-13(16)17-12)6-8-9(14)4-3-5-10(8)15/h3-5,7H,6H2,1-2H3,(H2,16,17). The Labute approximate surface area is 108 Å². The SMILES string of the molecule is CC(C)c1nc(N)sc1Cc1c(F)cccc1F. The lowest BCUT2D eigenvalue weighted by molar-refractivity contribution is 0.561. The summed E-state index contributed by atoms with van der Waals surface area (Å²) in [7, 11) is 0. The molecule has 2 N–H and O–H groups in total. The summed E-state index contributed by atoms with van der Waals surface area (Å²) >= 11 is 1.29. The average Bonchev–Trinajstić information content (AvgIpc) is 2.65. The average molecular weight is 268 g/mol. The number of nitrogens with two attached hydrogens (primary N) is 1. The van der Waals surface area contributed by atoms with E-state index in [0.29, 0.717) is 5.13 Å². The van der Waals surface area contributed by atoms with Crippen molar-refractivity contribution in [2.24, 2.45) is 0 Å². The van der Waals surface area contributed by atoms with Crippen molar-refractivity contribution in [1.82, 2.24) is 4.98 Å². The summed E-state index contributed by atoms with van der Waals surface area (Å²) in [5, 5.41) is 0.436. The van der Waals surface area contributed by atoms with Crippen LogP contribution >= 0.6 is 11.3 Å². The number of nitrogen functional groups attached to an aromatic ring is 1. The van der Waals surface area contributed by atoms with Gasteiger partial charge >= 0.3 is 0 Å². The molecule has 0 aliphatic carbocycles. The highest BCUT2D eigenvalue weighted by Gasteiger charge is 2.17. The van der Waals surface area contributed by atoms with Crippen LogP contribution in [0.1, 0.15) is 35.9 Å². The van der Waals surface area contributed by atoms with E-state index in [0.717, 1.165) is 10.6 Å². The van der Waals surface area contributed by atoms with E-state index in [1.165, 1.54) is 29.5 Å². The molecule has 0 spiro atoms. The molecule has 0 aliphatic heterocycles. The number of benzene rings is 1. The first-order chi connectivity index (χ1) is 8.49. The van der Waals surface area contributed by atoms with E-state index < -0.39 is 11.6 Å². The van der Waals surface area contributed by atoms with E-state index in [9.17, 15) is 8.78 Å². The highest BCUT2D eigenvalue weighted by Crippen LogP contribution is 2.30. The molecular weight excluding hydrogens is 254 g/mol. The predicted octanol–water partition coefficient (Wildman–Crippen LogP) is 3.72. The molecule has 18 heavy (non-hydrogen) atoms. The number of nitrogens with zero attached hydrogens (tertiary/aromatic N) is 1. The molecule has 0 atom stereocenters. The van der Waals surface area contributed by atoms with Gasteiger partial charge in [0.05, 0.1) is 5.69 Å². The molecule has 1 heterocycles. The minimum Gasteiger partial charge on any atom is -0.375 e. The molecular formula is C13H14F2N2S. The van der Waals surface area contributed by atoms with Gasteiger partial charge in [-0.1, -0.05) is 19.9 Å². The van der Waals surface area contributed by atoms with Crippen LogP contribution in [0, 0.1) is 11.6 Å². The van der Waals surface area contributed by atoms with Gasteiger partial charge in [-0.2, -0.15) is 0 Å². The second-order valence-electron chi connectivity index (χ2n) is 4.39. The minimum absolute atomic E-state index is 0.0723. The normalized spacial score (nSPS) is 11.2. The summed E-state index contributed by atoms with van der Waals surface area (Å²) in [6, 6.07) is 3.88. The van der Waals surface area contributed by atoms with Crippen molar-refractivity contribution in [2.45, 2.75) is 26.2 Å². The quantitative estimate of drug-likeness (QED) is 0.921. The molecule has 0 saturated carbocycles. The van der Waals surface area contributed by atoms with Crippen molar-refractivity contribution >= 4 is 16.5 Å². The monoisotopic (exact) mass is 268 g/mol. The number of anilines is 1. The number of halogens is 2. The molecule has 1 aromatic heterocycles. The maximum absolute atomic E-state index is 13.6. The highest BCUT2D eigenvalue weighted by atomic mass is 32.1. The van der Waals surface area contributed by atoms with Crippen LogP contribution in [0.4, 0.5) is 13.9 Å². The fraction of sp³-hybridized carbons (Fsp3) is 0.308. The minimum atomic E-state index is -0.531. The van der Waals surface area contributed by atoms with Crippen LogP contribution in [0.5, 0.6) is 0 Å². The zero-order valence-corrected chi connectivity index (χ0v) is 11.0. The Bertz CT molecular complexity index is 544. The van der Waals surface area contributed by atoms with Gasteiger partial charge in [0.15, 0.2) is 5.13 Å². The van der Waals surface area contributed by atoms with E-state index in [1.54, 1.807) is 0 Å². The van der Waals surface area contributed by atoms with Crippen molar-refractivity contribution in [3.63, 3.8) is 0 Å². The molecule has 0 fully saturated rings. The fourth-order valence-corrected chi connectivity index (χ4v) is 2.82. The molecule has 2 nitrogen and oxygen atoms in total. The number of thiazole rings is 1. The molecule has 96 valence electrons. The molecule has 2 aromatic rings. The van der Waals surface area contributed by atoms with Gasteiger partial charge in [0.2, 0.25) is 0 Å². The van der Waals surface area contributed by atoms with E-state index in [4.69, 9.17) is 5.73 Å². The summed E-state index contributed by atoms with van der Waals surface area (Å²) in [6.45, 7) is 3.96. The maximum Gasteiger partial charge on any atom is 0.180 e. The van der Waals surface area contributed by atoms with Gasteiger partial charge in [0, 0.05) is 16.9 Å². The van der Waals surface area contributed by atoms with Crippen LogP contribution < -0.4 is 5.73 Å². The van der Waals surface area contributed by atoms with Gasteiger partial charge in [-0.15, -0.1) is 11.3 Å². The molecule has 0 bridgehead atoms. The Morgan fingerprint density at radius 2 is 1.89 bits per heavy atom. The number of aromatic nitrogens is 1. The van der Waals surface area contributed by atoms with Crippen molar-refractivity contribution < 1.29 is 8.78 Å². The largest absolute Gasteiger partial charge is 0.375 e. The van der Waals surface area contributed by atoms with Gasteiger partial charge in [0.25, 0.3) is 0 Å². The van der Waals surface area contributed by atoms with Gasteiger partial charge in [-0.25, -0.2) is 13.8 Å². The lowest BCUT2D eigenvalue weighted by Crippen LogP contribution is -1.99. The van der Waals surface area contributed by atoms with Crippen LogP contribution in [0.2, 0.25) is 0 Å². The molecule has 1 aromatic carbocycles. The summed E-state index contributed by atoms with van der Waals surface area (Å²) in [5.41, 5.74) is 6.56. The third-order valence-electron chi connectivity index (χ3n) is 2.69. The summed E-state index contributed by atoms with van der Waals surface area (Å²) in [6.07, 6.45) is 0.195. The second-order valence-corrected chi connectivity index (χ2v) is 5.51. The van der Waals surface area contributed by atoms with E-state index >= 15 is 0 Å². The Hall–Kier alpha value is -1.49. The first-order valence-electron chi connectivity index (χ1n) is 5.67. The van der Waals surface area contributed by atoms with E-state index in [1.807, 2.05) is 13.8 Å². The summed E-state index contributed by atoms with van der Waals surface area (Å²) in [4.78, 5) is 5.04. The van der Waals surface area contributed by atoms with Gasteiger partial charge in [0.1, 0.15) is 11.6 Å². The zero-order chi connectivity index (χ0) is 13.3.